The van der Waals surface area contributed by atoms with Gasteiger partial charge in [-0.2, -0.15) is 0 Å². The summed E-state index contributed by atoms with van der Waals surface area (Å²) in [7, 11) is 1.56. The number of ether oxygens (including phenoxy) is 3. The van der Waals surface area contributed by atoms with Gasteiger partial charge in [0.15, 0.2) is 6.61 Å². The van der Waals surface area contributed by atoms with E-state index in [9.17, 15) is 9.18 Å². The summed E-state index contributed by atoms with van der Waals surface area (Å²) in [6.45, 7) is 2.88. The molecule has 1 atom stereocenters. The highest BCUT2D eigenvalue weighted by atomic mass is 19.1. The van der Waals surface area contributed by atoms with E-state index in [1.165, 1.54) is 6.07 Å². The van der Waals surface area contributed by atoms with Gasteiger partial charge < -0.3 is 19.5 Å². The Labute approximate surface area is 158 Å². The van der Waals surface area contributed by atoms with Gasteiger partial charge in [-0.25, -0.2) is 4.39 Å². The van der Waals surface area contributed by atoms with Crippen molar-refractivity contribution in [2.75, 3.05) is 26.9 Å². The molecule has 0 bridgehead atoms. The predicted octanol–water partition coefficient (Wildman–Crippen LogP) is 3.48. The summed E-state index contributed by atoms with van der Waals surface area (Å²) in [4.78, 5) is 12.0. The molecule has 1 aliphatic rings. The van der Waals surface area contributed by atoms with Crippen molar-refractivity contribution in [3.8, 4) is 22.6 Å². The van der Waals surface area contributed by atoms with Crippen molar-refractivity contribution in [2.45, 2.75) is 25.9 Å². The number of nitrogens with one attached hydrogen (secondary N) is 1. The molecule has 1 N–H and O–H groups in total. The van der Waals surface area contributed by atoms with Crippen LogP contribution in [0.2, 0.25) is 0 Å². The summed E-state index contributed by atoms with van der Waals surface area (Å²) in [5.74, 6) is 0.663. The van der Waals surface area contributed by atoms with Crippen LogP contribution in [-0.4, -0.2) is 38.9 Å². The molecule has 3 rings (SSSR count). The lowest BCUT2D eigenvalue weighted by Crippen LogP contribution is -2.35. The van der Waals surface area contributed by atoms with E-state index in [-0.39, 0.29) is 24.4 Å². The number of halogens is 1. The topological polar surface area (TPSA) is 56.8 Å². The van der Waals surface area contributed by atoms with Crippen LogP contribution >= 0.6 is 0 Å². The lowest BCUT2D eigenvalue weighted by atomic mass is 10.0. The lowest BCUT2D eigenvalue weighted by Gasteiger charge is -2.13. The van der Waals surface area contributed by atoms with E-state index in [0.29, 0.717) is 23.6 Å². The minimum atomic E-state index is -0.249. The van der Waals surface area contributed by atoms with E-state index in [1.807, 2.05) is 12.1 Å². The molecule has 1 saturated heterocycles. The summed E-state index contributed by atoms with van der Waals surface area (Å²) in [6, 6.07) is 10.3. The zero-order valence-electron chi connectivity index (χ0n) is 15.6. The fourth-order valence-corrected chi connectivity index (χ4v) is 3.00. The molecule has 1 unspecified atom stereocenters. The first-order valence-electron chi connectivity index (χ1n) is 9.02. The molecule has 144 valence electrons. The molecule has 2 aromatic carbocycles. The van der Waals surface area contributed by atoms with Gasteiger partial charge in [-0.3, -0.25) is 4.79 Å². The molecule has 0 spiro atoms. The summed E-state index contributed by atoms with van der Waals surface area (Å²) in [5.41, 5.74) is 2.24. The van der Waals surface area contributed by atoms with Crippen molar-refractivity contribution in [1.29, 1.82) is 0 Å². The quantitative estimate of drug-likeness (QED) is 0.807. The van der Waals surface area contributed by atoms with Crippen molar-refractivity contribution in [3.63, 3.8) is 0 Å². The van der Waals surface area contributed by atoms with Gasteiger partial charge in [0, 0.05) is 19.2 Å². The number of amides is 1. The molecule has 27 heavy (non-hydrogen) atoms. The second-order valence-electron chi connectivity index (χ2n) is 6.59. The fraction of sp³-hybridized carbons (Fsp3) is 0.381. The molecule has 0 saturated carbocycles. The van der Waals surface area contributed by atoms with Gasteiger partial charge in [0.05, 0.1) is 13.2 Å². The van der Waals surface area contributed by atoms with Crippen LogP contribution in [0.15, 0.2) is 36.4 Å². The summed E-state index contributed by atoms with van der Waals surface area (Å²) in [5, 5.41) is 2.82. The largest absolute Gasteiger partial charge is 0.497 e. The third-order valence-corrected chi connectivity index (χ3v) is 4.53. The minimum Gasteiger partial charge on any atom is -0.497 e. The van der Waals surface area contributed by atoms with Gasteiger partial charge in [-0.15, -0.1) is 0 Å². The van der Waals surface area contributed by atoms with Crippen molar-refractivity contribution in [2.24, 2.45) is 0 Å². The Hall–Kier alpha value is -2.60. The smallest absolute Gasteiger partial charge is 0.258 e. The normalized spacial score (nSPS) is 16.2. The molecule has 5 nitrogen and oxygen atoms in total. The SMILES string of the molecule is COc1cc(OCC(=O)NCC2CCCO2)cc(-c2ccc(F)c(C)c2)c1. The molecular formula is C21H24FNO4. The first-order chi connectivity index (χ1) is 13.0. The number of benzene rings is 2. The molecule has 1 amide bonds. The highest BCUT2D eigenvalue weighted by Gasteiger charge is 2.16. The fourth-order valence-electron chi connectivity index (χ4n) is 3.00. The van der Waals surface area contributed by atoms with Crippen LogP contribution in [-0.2, 0) is 9.53 Å². The lowest BCUT2D eigenvalue weighted by molar-refractivity contribution is -0.123. The van der Waals surface area contributed by atoms with E-state index >= 15 is 0 Å². The molecule has 0 radical (unpaired) electrons. The van der Waals surface area contributed by atoms with Gasteiger partial charge >= 0.3 is 0 Å². The Morgan fingerprint density at radius 1 is 1.22 bits per heavy atom. The minimum absolute atomic E-state index is 0.0955. The van der Waals surface area contributed by atoms with Crippen molar-refractivity contribution in [3.05, 3.63) is 47.8 Å². The number of rotatable bonds is 7. The van der Waals surface area contributed by atoms with Crippen LogP contribution in [0.3, 0.4) is 0 Å². The maximum Gasteiger partial charge on any atom is 0.258 e. The Balaban J connectivity index is 1.65. The van der Waals surface area contributed by atoms with Gasteiger partial charge in [0.2, 0.25) is 0 Å². The van der Waals surface area contributed by atoms with E-state index in [4.69, 9.17) is 14.2 Å². The predicted molar refractivity (Wildman–Crippen MR) is 101 cm³/mol. The van der Waals surface area contributed by atoms with Crippen LogP contribution in [0.1, 0.15) is 18.4 Å². The second-order valence-corrected chi connectivity index (χ2v) is 6.59. The Kier molecular flexibility index (Phi) is 6.29. The number of aryl methyl sites for hydroxylation is 1. The Morgan fingerprint density at radius 2 is 2.04 bits per heavy atom. The highest BCUT2D eigenvalue weighted by molar-refractivity contribution is 5.77. The standard InChI is InChI=1S/C21H24FNO4/c1-14-8-15(5-6-20(14)22)16-9-18(25-2)11-19(10-16)27-13-21(24)23-12-17-4-3-7-26-17/h5-6,8-11,17H,3-4,7,12-13H2,1-2H3,(H,23,24). The summed E-state index contributed by atoms with van der Waals surface area (Å²) < 4.78 is 30.0. The van der Waals surface area contributed by atoms with Gasteiger partial charge in [0.25, 0.3) is 5.91 Å². The van der Waals surface area contributed by atoms with E-state index in [1.54, 1.807) is 32.2 Å². The number of methoxy groups -OCH3 is 1. The zero-order valence-corrected chi connectivity index (χ0v) is 15.6. The molecule has 2 aromatic rings. The highest BCUT2D eigenvalue weighted by Crippen LogP contribution is 2.30. The maximum absolute atomic E-state index is 13.5. The Morgan fingerprint density at radius 3 is 2.74 bits per heavy atom. The number of carbonyl (C=O) groups excluding carboxylic acids is 1. The van der Waals surface area contributed by atoms with E-state index in [0.717, 1.165) is 30.6 Å². The first kappa shape index (κ1) is 19.2. The maximum atomic E-state index is 13.5. The van der Waals surface area contributed by atoms with Crippen molar-refractivity contribution >= 4 is 5.91 Å². The van der Waals surface area contributed by atoms with Gasteiger partial charge in [-0.1, -0.05) is 6.07 Å². The van der Waals surface area contributed by atoms with Gasteiger partial charge in [0.1, 0.15) is 17.3 Å². The van der Waals surface area contributed by atoms with Crippen LogP contribution in [0.25, 0.3) is 11.1 Å². The molecule has 1 aliphatic heterocycles. The monoisotopic (exact) mass is 373 g/mol. The van der Waals surface area contributed by atoms with Crippen molar-refractivity contribution < 1.29 is 23.4 Å². The third-order valence-electron chi connectivity index (χ3n) is 4.53. The first-order valence-corrected chi connectivity index (χ1v) is 9.02. The average molecular weight is 373 g/mol. The number of hydrogen-bond acceptors (Lipinski definition) is 4. The average Bonchev–Trinajstić information content (AvgIpc) is 3.20. The molecule has 1 heterocycles. The summed E-state index contributed by atoms with van der Waals surface area (Å²) in [6.07, 6.45) is 2.10. The number of hydrogen-bond donors (Lipinski definition) is 1. The van der Waals surface area contributed by atoms with Crippen LogP contribution in [0.5, 0.6) is 11.5 Å². The molecule has 6 heteroatoms. The zero-order chi connectivity index (χ0) is 19.2. The third kappa shape index (κ3) is 5.20. The second kappa shape index (κ2) is 8.86. The molecular weight excluding hydrogens is 349 g/mol. The van der Waals surface area contributed by atoms with Crippen molar-refractivity contribution in [1.82, 2.24) is 5.32 Å². The molecule has 1 fully saturated rings. The van der Waals surface area contributed by atoms with Gasteiger partial charge in [-0.05, 0) is 60.7 Å². The molecule has 0 aromatic heterocycles. The summed E-state index contributed by atoms with van der Waals surface area (Å²) >= 11 is 0. The molecule has 0 aliphatic carbocycles. The number of carbonyl (C=O) groups is 1. The van der Waals surface area contributed by atoms with E-state index < -0.39 is 0 Å². The van der Waals surface area contributed by atoms with Crippen LogP contribution < -0.4 is 14.8 Å². The van der Waals surface area contributed by atoms with Crippen LogP contribution in [0, 0.1) is 12.7 Å². The van der Waals surface area contributed by atoms with Crippen LogP contribution in [0.4, 0.5) is 4.39 Å². The Bertz CT molecular complexity index is 803. The van der Waals surface area contributed by atoms with E-state index in [2.05, 4.69) is 5.32 Å².